The second-order valence-electron chi connectivity index (χ2n) is 8.65. The van der Waals surface area contributed by atoms with Gasteiger partial charge in [0.1, 0.15) is 0 Å². The van der Waals surface area contributed by atoms with E-state index in [0.717, 1.165) is 24.9 Å². The normalized spacial score (nSPS) is 11.0. The second-order valence-corrected chi connectivity index (χ2v) is 8.65. The Hall–Kier alpha value is -1.31. The van der Waals surface area contributed by atoms with E-state index in [0.29, 0.717) is 0 Å². The number of hydrogen-bond acceptors (Lipinski definition) is 1. The molecule has 0 radical (unpaired) electrons. The molecule has 0 aliphatic carbocycles. The number of nitrogens with one attached hydrogen (secondary N) is 1. The summed E-state index contributed by atoms with van der Waals surface area (Å²) in [5.74, 6) is 0.0711. The number of carbonyl (C=O) groups excluding carboxylic acids is 1. The van der Waals surface area contributed by atoms with E-state index in [2.05, 4.69) is 31.3 Å². The highest BCUT2D eigenvalue weighted by Crippen LogP contribution is 2.13. The maximum absolute atomic E-state index is 12.2. The second kappa shape index (κ2) is 18.7. The van der Waals surface area contributed by atoms with Crippen molar-refractivity contribution in [3.8, 4) is 0 Å². The fourth-order valence-corrected chi connectivity index (χ4v) is 3.83. The summed E-state index contributed by atoms with van der Waals surface area (Å²) < 4.78 is 0. The van der Waals surface area contributed by atoms with Crippen molar-refractivity contribution < 1.29 is 4.79 Å². The monoisotopic (exact) mass is 401 g/mol. The summed E-state index contributed by atoms with van der Waals surface area (Å²) in [6.07, 6.45) is 22.6. The first kappa shape index (κ1) is 25.7. The van der Waals surface area contributed by atoms with Gasteiger partial charge in [-0.15, -0.1) is 0 Å². The van der Waals surface area contributed by atoms with Crippen LogP contribution in [0.1, 0.15) is 133 Å². The van der Waals surface area contributed by atoms with Gasteiger partial charge < -0.3 is 5.32 Å². The Bertz CT molecular complexity index is 494. The number of unbranched alkanes of at least 4 members (excludes halogenated alkanes) is 14. The Labute approximate surface area is 181 Å². The molecule has 1 N–H and O–H groups in total. The quantitative estimate of drug-likeness (QED) is 0.232. The molecule has 29 heavy (non-hydrogen) atoms. The van der Waals surface area contributed by atoms with Crippen molar-refractivity contribution in [2.75, 3.05) is 6.54 Å². The molecular weight excluding hydrogens is 354 g/mol. The van der Waals surface area contributed by atoms with E-state index in [9.17, 15) is 4.79 Å². The van der Waals surface area contributed by atoms with E-state index in [1.807, 2.05) is 12.1 Å². The highest BCUT2D eigenvalue weighted by atomic mass is 16.1. The van der Waals surface area contributed by atoms with Gasteiger partial charge in [0, 0.05) is 12.1 Å². The molecule has 2 heteroatoms. The first-order chi connectivity index (χ1) is 14.3. The van der Waals surface area contributed by atoms with Crippen LogP contribution in [-0.2, 0) is 6.42 Å². The van der Waals surface area contributed by atoms with Crippen LogP contribution < -0.4 is 5.32 Å². The Morgan fingerprint density at radius 3 is 1.55 bits per heavy atom. The lowest BCUT2D eigenvalue weighted by Crippen LogP contribution is -2.24. The van der Waals surface area contributed by atoms with Crippen LogP contribution in [0.2, 0.25) is 0 Å². The topological polar surface area (TPSA) is 29.1 Å². The molecule has 0 aliphatic rings. The van der Waals surface area contributed by atoms with Crippen molar-refractivity contribution in [2.24, 2.45) is 0 Å². The van der Waals surface area contributed by atoms with Crippen LogP contribution in [-0.4, -0.2) is 12.5 Å². The van der Waals surface area contributed by atoms with Crippen molar-refractivity contribution in [1.82, 2.24) is 5.32 Å². The lowest BCUT2D eigenvalue weighted by molar-refractivity contribution is 0.0953. The van der Waals surface area contributed by atoms with Gasteiger partial charge in [0.25, 0.3) is 5.91 Å². The molecule has 1 rings (SSSR count). The van der Waals surface area contributed by atoms with E-state index in [-0.39, 0.29) is 5.91 Å². The third-order valence-electron chi connectivity index (χ3n) is 5.85. The molecule has 0 fully saturated rings. The van der Waals surface area contributed by atoms with Gasteiger partial charge in [-0.3, -0.25) is 4.79 Å². The zero-order valence-corrected chi connectivity index (χ0v) is 19.4. The summed E-state index contributed by atoms with van der Waals surface area (Å²) in [4.78, 5) is 12.2. The Kier molecular flexibility index (Phi) is 16.6. The lowest BCUT2D eigenvalue weighted by atomic mass is 10.0. The molecule has 0 spiro atoms. The van der Waals surface area contributed by atoms with Crippen molar-refractivity contribution in [3.05, 3.63) is 35.4 Å². The zero-order chi connectivity index (χ0) is 21.0. The molecule has 1 amide bonds. The van der Waals surface area contributed by atoms with E-state index in [1.165, 1.54) is 102 Å². The smallest absolute Gasteiger partial charge is 0.251 e. The fourth-order valence-electron chi connectivity index (χ4n) is 3.83. The Balaban J connectivity index is 1.89. The van der Waals surface area contributed by atoms with Gasteiger partial charge in [0.05, 0.1) is 0 Å². The van der Waals surface area contributed by atoms with Crippen molar-refractivity contribution in [1.29, 1.82) is 0 Å². The molecule has 0 atom stereocenters. The maximum atomic E-state index is 12.2. The number of rotatable bonds is 19. The van der Waals surface area contributed by atoms with Crippen molar-refractivity contribution in [3.63, 3.8) is 0 Å². The summed E-state index contributed by atoms with van der Waals surface area (Å²) in [6, 6.07) is 8.12. The largest absolute Gasteiger partial charge is 0.352 e. The molecule has 0 aliphatic heterocycles. The first-order valence-electron chi connectivity index (χ1n) is 12.6. The molecule has 166 valence electrons. The molecule has 0 bridgehead atoms. The Morgan fingerprint density at radius 2 is 1.07 bits per heavy atom. The minimum Gasteiger partial charge on any atom is -0.352 e. The number of carbonyl (C=O) groups is 1. The van der Waals surface area contributed by atoms with Gasteiger partial charge in [0.15, 0.2) is 0 Å². The molecule has 0 aromatic heterocycles. The van der Waals surface area contributed by atoms with Gasteiger partial charge in [0.2, 0.25) is 0 Å². The van der Waals surface area contributed by atoms with Gasteiger partial charge in [-0.05, 0) is 37.0 Å². The summed E-state index contributed by atoms with van der Waals surface area (Å²) in [6.45, 7) is 5.29. The van der Waals surface area contributed by atoms with Crippen LogP contribution >= 0.6 is 0 Å². The predicted octanol–water partition coefficient (Wildman–Crippen LogP) is 8.24. The summed E-state index contributed by atoms with van der Waals surface area (Å²) >= 11 is 0. The molecule has 0 saturated carbocycles. The average molecular weight is 402 g/mol. The molecular formula is C27H47NO. The summed E-state index contributed by atoms with van der Waals surface area (Å²) in [7, 11) is 0. The average Bonchev–Trinajstić information content (AvgIpc) is 2.75. The van der Waals surface area contributed by atoms with Crippen LogP contribution in [0.15, 0.2) is 24.3 Å². The van der Waals surface area contributed by atoms with Gasteiger partial charge in [-0.2, -0.15) is 0 Å². The number of hydrogen-bond donors (Lipinski definition) is 1. The van der Waals surface area contributed by atoms with E-state index in [1.54, 1.807) is 0 Å². The molecule has 0 unspecified atom stereocenters. The minimum absolute atomic E-state index is 0.0711. The summed E-state index contributed by atoms with van der Waals surface area (Å²) in [5, 5.41) is 3.07. The number of aryl methyl sites for hydroxylation is 1. The Morgan fingerprint density at radius 1 is 0.621 bits per heavy atom. The summed E-state index contributed by atoms with van der Waals surface area (Å²) in [5.41, 5.74) is 2.12. The van der Waals surface area contributed by atoms with E-state index in [4.69, 9.17) is 0 Å². The third-order valence-corrected chi connectivity index (χ3v) is 5.85. The van der Waals surface area contributed by atoms with Crippen molar-refractivity contribution >= 4 is 5.91 Å². The molecule has 1 aromatic rings. The zero-order valence-electron chi connectivity index (χ0n) is 19.4. The molecule has 0 heterocycles. The number of amides is 1. The molecule has 1 aromatic carbocycles. The fraction of sp³-hybridized carbons (Fsp3) is 0.741. The SMILES string of the molecule is CCCCCCCCCCCCCCCCNC(=O)c1ccc(CCCC)cc1. The van der Waals surface area contributed by atoms with E-state index >= 15 is 0 Å². The third kappa shape index (κ3) is 14.3. The van der Waals surface area contributed by atoms with Crippen LogP contribution in [0, 0.1) is 0 Å². The van der Waals surface area contributed by atoms with Gasteiger partial charge >= 0.3 is 0 Å². The standard InChI is InChI=1S/C27H47NO/c1-3-5-7-8-9-10-11-12-13-14-15-16-17-18-24-28-27(29)26-22-20-25(21-23-26)19-6-4-2/h20-23H,3-19,24H2,1-2H3,(H,28,29). The van der Waals surface area contributed by atoms with Crippen LogP contribution in [0.5, 0.6) is 0 Å². The van der Waals surface area contributed by atoms with Crippen LogP contribution in [0.4, 0.5) is 0 Å². The van der Waals surface area contributed by atoms with E-state index < -0.39 is 0 Å². The number of benzene rings is 1. The highest BCUT2D eigenvalue weighted by Gasteiger charge is 2.04. The molecule has 0 saturated heterocycles. The van der Waals surface area contributed by atoms with Crippen LogP contribution in [0.3, 0.4) is 0 Å². The van der Waals surface area contributed by atoms with Gasteiger partial charge in [-0.1, -0.05) is 116 Å². The highest BCUT2D eigenvalue weighted by molar-refractivity contribution is 5.94. The molecule has 2 nitrogen and oxygen atoms in total. The predicted molar refractivity (Wildman–Crippen MR) is 128 cm³/mol. The minimum atomic E-state index is 0.0711. The van der Waals surface area contributed by atoms with Gasteiger partial charge in [-0.25, -0.2) is 0 Å². The first-order valence-corrected chi connectivity index (χ1v) is 12.6. The van der Waals surface area contributed by atoms with Crippen molar-refractivity contribution in [2.45, 2.75) is 123 Å². The van der Waals surface area contributed by atoms with Crippen LogP contribution in [0.25, 0.3) is 0 Å². The maximum Gasteiger partial charge on any atom is 0.251 e. The lowest BCUT2D eigenvalue weighted by Gasteiger charge is -2.07.